The summed E-state index contributed by atoms with van der Waals surface area (Å²) in [7, 11) is -5.69. The molecule has 0 aromatic heterocycles. The molecule has 1 aliphatic carbocycles. The highest BCUT2D eigenvalue weighted by Gasteiger charge is 2.58. The van der Waals surface area contributed by atoms with E-state index in [9.17, 15) is 74.9 Å². The van der Waals surface area contributed by atoms with Crippen molar-refractivity contribution in [3.63, 3.8) is 0 Å². The molecule has 11 N–H and O–H groups in total. The topological polar surface area (TPSA) is 374 Å². The first kappa shape index (κ1) is 84.9. The summed E-state index contributed by atoms with van der Waals surface area (Å²) in [5.74, 6) is -1.99. The number of aliphatic hydroxyl groups is 10. The van der Waals surface area contributed by atoms with Crippen LogP contribution in [0, 0.1) is 0 Å². The highest BCUT2D eigenvalue weighted by molar-refractivity contribution is 7.47. The number of ether oxygens (including phenoxy) is 7. The fraction of sp³-hybridized carbons (Fsp3) is 0.926. The molecule has 0 spiro atoms. The Morgan fingerprint density at radius 3 is 1.17 bits per heavy atom. The Bertz CT molecular complexity index is 1990. The summed E-state index contributed by atoms with van der Waals surface area (Å²) in [6, 6.07) is 0. The van der Waals surface area contributed by atoms with E-state index in [1.807, 2.05) is 0 Å². The molecular weight excluding hydrogens is 1230 g/mol. The van der Waals surface area contributed by atoms with Gasteiger partial charge in [-0.15, -0.1) is 0 Å². The number of carbonyl (C=O) groups is 3. The molecule has 93 heavy (non-hydrogen) atoms. The van der Waals surface area contributed by atoms with Gasteiger partial charge in [0.15, 0.2) is 18.7 Å². The quantitative estimate of drug-likeness (QED) is 0.00890. The van der Waals surface area contributed by atoms with E-state index in [2.05, 4.69) is 32.9 Å². The van der Waals surface area contributed by atoms with Crippen molar-refractivity contribution in [1.82, 2.24) is 0 Å². The third kappa shape index (κ3) is 34.9. The van der Waals surface area contributed by atoms with Gasteiger partial charge in [-0.1, -0.05) is 219 Å². The number of phosphoric ester groups is 1. The maximum Gasteiger partial charge on any atom is 0.472 e. The van der Waals surface area contributed by atoms with Crippen molar-refractivity contribution < 1.29 is 117 Å². The van der Waals surface area contributed by atoms with Crippen molar-refractivity contribution >= 4 is 25.7 Å². The lowest BCUT2D eigenvalue weighted by molar-refractivity contribution is -0.360. The van der Waals surface area contributed by atoms with Crippen LogP contribution in [0.25, 0.3) is 0 Å². The minimum absolute atomic E-state index is 0.0247. The fourth-order valence-corrected chi connectivity index (χ4v) is 12.8. The third-order valence-electron chi connectivity index (χ3n) is 17.8. The Hall–Kier alpha value is -2.30. The van der Waals surface area contributed by atoms with Crippen LogP contribution < -0.4 is 0 Å². The molecule has 3 fully saturated rings. The van der Waals surface area contributed by atoms with Gasteiger partial charge >= 0.3 is 25.7 Å². The molecule has 0 aromatic rings. The van der Waals surface area contributed by atoms with Crippen molar-refractivity contribution in [2.45, 2.75) is 375 Å². The Morgan fingerprint density at radius 2 is 0.753 bits per heavy atom. The monoisotopic (exact) mass is 1360 g/mol. The summed E-state index contributed by atoms with van der Waals surface area (Å²) < 4.78 is 64.8. The number of unbranched alkanes of at least 4 members (excludes halogenated alkanes) is 32. The fourth-order valence-electron chi connectivity index (χ4n) is 11.9. The second kappa shape index (κ2) is 50.9. The Morgan fingerprint density at radius 1 is 0.409 bits per heavy atom. The van der Waals surface area contributed by atoms with E-state index in [0.29, 0.717) is 19.3 Å². The summed E-state index contributed by atoms with van der Waals surface area (Å²) >= 11 is 0. The molecule has 24 nitrogen and oxygen atoms in total. The summed E-state index contributed by atoms with van der Waals surface area (Å²) in [5, 5.41) is 110. The van der Waals surface area contributed by atoms with Crippen molar-refractivity contribution in [1.29, 1.82) is 0 Å². The zero-order valence-corrected chi connectivity index (χ0v) is 57.4. The Balaban J connectivity index is 1.75. The number of esters is 3. The molecule has 2 aliphatic heterocycles. The zero-order valence-electron chi connectivity index (χ0n) is 56.5. The second-order valence-corrected chi connectivity index (χ2v) is 27.4. The van der Waals surface area contributed by atoms with Gasteiger partial charge in [0.25, 0.3) is 0 Å². The van der Waals surface area contributed by atoms with E-state index in [1.54, 1.807) is 0 Å². The average molecular weight is 1360 g/mol. The number of hydrogen-bond donors (Lipinski definition) is 11. The predicted molar refractivity (Wildman–Crippen MR) is 347 cm³/mol. The van der Waals surface area contributed by atoms with E-state index in [1.165, 1.54) is 96.3 Å². The molecule has 0 bridgehead atoms. The Kier molecular flexibility index (Phi) is 46.5. The molecule has 2 heterocycles. The van der Waals surface area contributed by atoms with Crippen molar-refractivity contribution in [3.8, 4) is 0 Å². The maximum atomic E-state index is 14.3. The van der Waals surface area contributed by atoms with Gasteiger partial charge in [-0.05, 0) is 44.9 Å². The van der Waals surface area contributed by atoms with Crippen LogP contribution in [0.15, 0.2) is 12.2 Å². The SMILES string of the molecule is CCCCCC/C=C\CCCCCCCCCC(=O)OCC1OC(OC2C(O)C(O)C(O)C(OC3OC(CO)C(O)C(O)C3O)C2OP(=O)(O)OCC(COC(=O)CCCCCCCCCCCCC)OC(=O)CCCCCCCCCCCCCC)C(O)C(O)C1O. The predicted octanol–water partition coefficient (Wildman–Crippen LogP) is 8.79. The molecule has 0 radical (unpaired) electrons. The van der Waals surface area contributed by atoms with Crippen LogP contribution in [-0.2, 0) is 61.2 Å². The number of rotatable bonds is 55. The van der Waals surface area contributed by atoms with Crippen molar-refractivity contribution in [2.24, 2.45) is 0 Å². The lowest BCUT2D eigenvalue weighted by Crippen LogP contribution is -2.69. The van der Waals surface area contributed by atoms with Crippen LogP contribution >= 0.6 is 7.82 Å². The smallest absolute Gasteiger partial charge is 0.463 e. The lowest BCUT2D eigenvalue weighted by atomic mass is 9.84. The van der Waals surface area contributed by atoms with Gasteiger partial charge in [0.2, 0.25) is 0 Å². The first-order chi connectivity index (χ1) is 44.8. The van der Waals surface area contributed by atoms with Gasteiger partial charge in [0.05, 0.1) is 13.2 Å². The van der Waals surface area contributed by atoms with Crippen LogP contribution in [0.3, 0.4) is 0 Å². The zero-order chi connectivity index (χ0) is 68.2. The van der Waals surface area contributed by atoms with Crippen LogP contribution in [0.5, 0.6) is 0 Å². The van der Waals surface area contributed by atoms with Gasteiger partial charge in [-0.3, -0.25) is 23.4 Å². The maximum absolute atomic E-state index is 14.3. The van der Waals surface area contributed by atoms with Gasteiger partial charge in [-0.25, -0.2) is 4.57 Å². The van der Waals surface area contributed by atoms with Gasteiger partial charge < -0.3 is 89.1 Å². The molecule has 1 saturated carbocycles. The summed E-state index contributed by atoms with van der Waals surface area (Å²) in [5.41, 5.74) is 0. The van der Waals surface area contributed by atoms with E-state index in [0.717, 1.165) is 116 Å². The molecular formula is C68H125O24P. The molecule has 0 amide bonds. The molecule has 0 aromatic carbocycles. The number of allylic oxidation sites excluding steroid dienone is 2. The standard InChI is InChI=1S/C68H125O24P/c1-4-7-10-13-16-19-22-24-25-26-29-31-34-37-40-43-53(71)85-48-51-56(74)58(76)63(81)68(89-51)91-65-61(79)59(77)60(78)64(90-67-62(80)57(75)55(73)50(45-69)88-67)66(65)92-93(82,83)86-47-49(46-84-52(70)42-39-36-33-30-27-21-18-15-12-9-6-3)87-54(72)44-41-38-35-32-28-23-20-17-14-11-8-5-2/h19,22,49-51,55-69,73-81H,4-18,20-21,23-48H2,1-3H3,(H,82,83)/b22-19-. The number of aliphatic hydroxyl groups excluding tert-OH is 10. The molecule has 2 saturated heterocycles. The van der Waals surface area contributed by atoms with Gasteiger partial charge in [0.1, 0.15) is 98.7 Å². The number of carbonyl (C=O) groups excluding carboxylic acids is 3. The number of hydrogen-bond acceptors (Lipinski definition) is 23. The molecule has 18 unspecified atom stereocenters. The van der Waals surface area contributed by atoms with E-state index >= 15 is 0 Å². The highest BCUT2D eigenvalue weighted by Crippen LogP contribution is 2.49. The highest BCUT2D eigenvalue weighted by atomic mass is 31.2. The van der Waals surface area contributed by atoms with Crippen LogP contribution in [0.4, 0.5) is 0 Å². The van der Waals surface area contributed by atoms with Gasteiger partial charge in [-0.2, -0.15) is 0 Å². The largest absolute Gasteiger partial charge is 0.472 e. The first-order valence-corrected chi connectivity index (χ1v) is 37.5. The molecule has 25 heteroatoms. The molecule has 3 aliphatic rings. The van der Waals surface area contributed by atoms with E-state index in [4.69, 9.17) is 42.2 Å². The van der Waals surface area contributed by atoms with Crippen LogP contribution in [-0.4, -0.2) is 204 Å². The van der Waals surface area contributed by atoms with E-state index in [-0.39, 0.29) is 19.3 Å². The summed E-state index contributed by atoms with van der Waals surface area (Å²) in [4.78, 5) is 50.8. The minimum atomic E-state index is -5.69. The van der Waals surface area contributed by atoms with E-state index < -0.39 is 156 Å². The van der Waals surface area contributed by atoms with Crippen molar-refractivity contribution in [3.05, 3.63) is 12.2 Å². The normalized spacial score (nSPS) is 28.5. The minimum Gasteiger partial charge on any atom is -0.463 e. The van der Waals surface area contributed by atoms with Crippen molar-refractivity contribution in [2.75, 3.05) is 26.4 Å². The summed E-state index contributed by atoms with van der Waals surface area (Å²) in [6.45, 7) is 3.40. The summed E-state index contributed by atoms with van der Waals surface area (Å²) in [6.07, 6.45) is 7.35. The molecule has 3 rings (SSSR count). The molecule has 546 valence electrons. The Labute approximate surface area is 554 Å². The van der Waals surface area contributed by atoms with Crippen LogP contribution in [0.1, 0.15) is 271 Å². The lowest BCUT2D eigenvalue weighted by Gasteiger charge is -2.49. The average Bonchev–Trinajstić information content (AvgIpc) is 0.782. The van der Waals surface area contributed by atoms with Gasteiger partial charge in [0, 0.05) is 19.3 Å². The number of phosphoric acid groups is 1. The first-order valence-electron chi connectivity index (χ1n) is 36.0. The third-order valence-corrected chi connectivity index (χ3v) is 18.8. The second-order valence-electron chi connectivity index (χ2n) is 26.0. The van der Waals surface area contributed by atoms with Crippen LogP contribution in [0.2, 0.25) is 0 Å². The molecule has 18 atom stereocenters.